The van der Waals surface area contributed by atoms with Gasteiger partial charge in [0.2, 0.25) is 5.91 Å². The maximum Gasteiger partial charge on any atom is 0.223 e. The van der Waals surface area contributed by atoms with Crippen LogP contribution in [-0.2, 0) is 18.3 Å². The molecule has 1 aliphatic carbocycles. The Balaban J connectivity index is 1.88. The summed E-state index contributed by atoms with van der Waals surface area (Å²) in [6.07, 6.45) is 4.51. The molecule has 0 saturated heterocycles. The van der Waals surface area contributed by atoms with Crippen LogP contribution in [0.5, 0.6) is 0 Å². The summed E-state index contributed by atoms with van der Waals surface area (Å²) in [7, 11) is 1.90. The highest BCUT2D eigenvalue weighted by atomic mass is 16.1. The number of rotatable bonds is 4. The van der Waals surface area contributed by atoms with Crippen LogP contribution in [0.25, 0.3) is 0 Å². The summed E-state index contributed by atoms with van der Waals surface area (Å²) in [5, 5.41) is 7.39. The van der Waals surface area contributed by atoms with Crippen molar-refractivity contribution in [1.82, 2.24) is 15.1 Å². The molecule has 0 aliphatic heterocycles. The number of hydrogen-bond acceptors (Lipinski definition) is 3. The van der Waals surface area contributed by atoms with Crippen LogP contribution in [0.15, 0.2) is 12.3 Å². The minimum atomic E-state index is -0.0489. The predicted molar refractivity (Wildman–Crippen MR) is 83.6 cm³/mol. The van der Waals surface area contributed by atoms with Crippen molar-refractivity contribution in [1.29, 1.82) is 0 Å². The molecule has 21 heavy (non-hydrogen) atoms. The SMILES string of the molecule is CC1C(N)CCC(C(=O)NCCc2ccn(C)n2)C1(C)C. The van der Waals surface area contributed by atoms with Crippen LogP contribution >= 0.6 is 0 Å². The molecule has 1 heterocycles. The maximum atomic E-state index is 12.5. The van der Waals surface area contributed by atoms with Gasteiger partial charge in [0, 0.05) is 38.2 Å². The van der Waals surface area contributed by atoms with Gasteiger partial charge in [0.25, 0.3) is 0 Å². The molecule has 3 N–H and O–H groups in total. The van der Waals surface area contributed by atoms with Gasteiger partial charge in [0.05, 0.1) is 5.69 Å². The predicted octanol–water partition coefficient (Wildman–Crippen LogP) is 1.48. The molecule has 0 radical (unpaired) electrons. The molecule has 0 aromatic carbocycles. The summed E-state index contributed by atoms with van der Waals surface area (Å²) < 4.78 is 1.78. The zero-order valence-corrected chi connectivity index (χ0v) is 13.6. The molecular weight excluding hydrogens is 264 g/mol. The van der Waals surface area contributed by atoms with E-state index in [2.05, 4.69) is 31.2 Å². The molecule has 3 unspecified atom stereocenters. The zero-order valence-electron chi connectivity index (χ0n) is 13.6. The van der Waals surface area contributed by atoms with Gasteiger partial charge in [0.15, 0.2) is 0 Å². The van der Waals surface area contributed by atoms with E-state index in [0.29, 0.717) is 12.5 Å². The molecule has 1 saturated carbocycles. The first-order chi connectivity index (χ1) is 9.82. The van der Waals surface area contributed by atoms with Crippen LogP contribution in [0.1, 0.15) is 39.3 Å². The Kier molecular flexibility index (Phi) is 4.71. The van der Waals surface area contributed by atoms with Gasteiger partial charge >= 0.3 is 0 Å². The van der Waals surface area contributed by atoms with Crippen LogP contribution < -0.4 is 11.1 Å². The fourth-order valence-corrected chi connectivity index (χ4v) is 3.35. The van der Waals surface area contributed by atoms with E-state index in [0.717, 1.165) is 25.0 Å². The highest BCUT2D eigenvalue weighted by Gasteiger charge is 2.44. The number of nitrogens with two attached hydrogens (primary N) is 1. The standard InChI is InChI=1S/C16H28N4O/c1-11-14(17)6-5-13(16(11,2)3)15(21)18-9-7-12-8-10-20(4)19-12/h8,10-11,13-14H,5-7,9,17H2,1-4H3,(H,18,21). The summed E-state index contributed by atoms with van der Waals surface area (Å²) >= 11 is 0. The van der Waals surface area contributed by atoms with Crippen molar-refractivity contribution in [2.45, 2.75) is 46.1 Å². The number of carbonyl (C=O) groups excluding carboxylic acids is 1. The van der Waals surface area contributed by atoms with Gasteiger partial charge in [0.1, 0.15) is 0 Å². The monoisotopic (exact) mass is 292 g/mol. The molecule has 1 aliphatic rings. The lowest BCUT2D eigenvalue weighted by Gasteiger charge is -2.46. The van der Waals surface area contributed by atoms with E-state index >= 15 is 0 Å². The maximum absolute atomic E-state index is 12.5. The first-order valence-electron chi connectivity index (χ1n) is 7.84. The summed E-state index contributed by atoms with van der Waals surface area (Å²) in [5.41, 5.74) is 7.11. The van der Waals surface area contributed by atoms with Crippen LogP contribution in [-0.4, -0.2) is 28.3 Å². The highest BCUT2D eigenvalue weighted by molar-refractivity contribution is 5.79. The van der Waals surface area contributed by atoms with E-state index in [1.54, 1.807) is 4.68 Å². The lowest BCUT2D eigenvalue weighted by atomic mass is 9.61. The smallest absolute Gasteiger partial charge is 0.223 e. The molecule has 1 aromatic rings. The molecule has 1 aromatic heterocycles. The van der Waals surface area contributed by atoms with Crippen molar-refractivity contribution >= 4 is 5.91 Å². The molecule has 2 rings (SSSR count). The van der Waals surface area contributed by atoms with Crippen molar-refractivity contribution < 1.29 is 4.79 Å². The van der Waals surface area contributed by atoms with Gasteiger partial charge in [-0.15, -0.1) is 0 Å². The van der Waals surface area contributed by atoms with Crippen molar-refractivity contribution in [2.24, 2.45) is 30.0 Å². The van der Waals surface area contributed by atoms with E-state index in [1.807, 2.05) is 19.3 Å². The van der Waals surface area contributed by atoms with Gasteiger partial charge in [-0.3, -0.25) is 9.48 Å². The minimum Gasteiger partial charge on any atom is -0.355 e. The molecule has 5 heteroatoms. The molecule has 0 bridgehead atoms. The lowest BCUT2D eigenvalue weighted by Crippen LogP contribution is -2.51. The van der Waals surface area contributed by atoms with Gasteiger partial charge in [-0.1, -0.05) is 20.8 Å². The van der Waals surface area contributed by atoms with Crippen LogP contribution in [0.2, 0.25) is 0 Å². The summed E-state index contributed by atoms with van der Waals surface area (Å²) in [4.78, 5) is 12.5. The number of carbonyl (C=O) groups is 1. The molecule has 5 nitrogen and oxygen atoms in total. The molecular formula is C16H28N4O. The fourth-order valence-electron chi connectivity index (χ4n) is 3.35. The van der Waals surface area contributed by atoms with E-state index < -0.39 is 0 Å². The van der Waals surface area contributed by atoms with Crippen LogP contribution in [0, 0.1) is 17.3 Å². The summed E-state index contributed by atoms with van der Waals surface area (Å²) in [5.74, 6) is 0.573. The van der Waals surface area contributed by atoms with Gasteiger partial charge in [-0.25, -0.2) is 0 Å². The minimum absolute atomic E-state index is 0.0489. The van der Waals surface area contributed by atoms with Crippen LogP contribution in [0.4, 0.5) is 0 Å². The quantitative estimate of drug-likeness (QED) is 0.883. The summed E-state index contributed by atoms with van der Waals surface area (Å²) in [6, 6.07) is 2.19. The second kappa shape index (κ2) is 6.18. The largest absolute Gasteiger partial charge is 0.355 e. The Morgan fingerprint density at radius 2 is 2.24 bits per heavy atom. The van der Waals surface area contributed by atoms with Crippen molar-refractivity contribution in [3.05, 3.63) is 18.0 Å². The third-order valence-electron chi connectivity index (χ3n) is 5.27. The molecule has 3 atom stereocenters. The lowest BCUT2D eigenvalue weighted by molar-refractivity contribution is -0.132. The van der Waals surface area contributed by atoms with Gasteiger partial charge in [-0.05, 0) is 30.2 Å². The average molecular weight is 292 g/mol. The Hall–Kier alpha value is -1.36. The van der Waals surface area contributed by atoms with E-state index in [1.165, 1.54) is 0 Å². The van der Waals surface area contributed by atoms with Gasteiger partial charge in [-0.2, -0.15) is 5.10 Å². The Morgan fingerprint density at radius 3 is 2.86 bits per heavy atom. The topological polar surface area (TPSA) is 72.9 Å². The molecule has 1 fully saturated rings. The highest BCUT2D eigenvalue weighted by Crippen LogP contribution is 2.44. The van der Waals surface area contributed by atoms with E-state index in [9.17, 15) is 4.79 Å². The number of amides is 1. The fraction of sp³-hybridized carbons (Fsp3) is 0.750. The second-order valence-electron chi connectivity index (χ2n) is 6.93. The summed E-state index contributed by atoms with van der Waals surface area (Å²) in [6.45, 7) is 7.14. The number of nitrogens with one attached hydrogen (secondary N) is 1. The van der Waals surface area contributed by atoms with Crippen molar-refractivity contribution in [3.8, 4) is 0 Å². The zero-order chi connectivity index (χ0) is 15.6. The third-order valence-corrected chi connectivity index (χ3v) is 5.27. The number of nitrogens with zero attached hydrogens (tertiary/aromatic N) is 2. The van der Waals surface area contributed by atoms with Crippen molar-refractivity contribution in [2.75, 3.05) is 6.54 Å². The first kappa shape index (κ1) is 16.0. The normalized spacial score (nSPS) is 28.3. The van der Waals surface area contributed by atoms with Crippen LogP contribution in [0.3, 0.4) is 0 Å². The Morgan fingerprint density at radius 1 is 1.52 bits per heavy atom. The average Bonchev–Trinajstić information content (AvgIpc) is 2.82. The number of aromatic nitrogens is 2. The molecule has 118 valence electrons. The molecule has 1 amide bonds. The van der Waals surface area contributed by atoms with E-state index in [-0.39, 0.29) is 23.3 Å². The Labute approximate surface area is 127 Å². The Bertz CT molecular complexity index is 494. The number of hydrogen-bond donors (Lipinski definition) is 2. The van der Waals surface area contributed by atoms with Gasteiger partial charge < -0.3 is 11.1 Å². The van der Waals surface area contributed by atoms with Crippen molar-refractivity contribution in [3.63, 3.8) is 0 Å². The van der Waals surface area contributed by atoms with E-state index in [4.69, 9.17) is 5.73 Å². The molecule has 0 spiro atoms. The third kappa shape index (κ3) is 3.46. The first-order valence-corrected chi connectivity index (χ1v) is 7.84. The number of aryl methyl sites for hydroxylation is 1. The second-order valence-corrected chi connectivity index (χ2v) is 6.93.